The molecule has 1 fully saturated rings. The molecule has 0 aromatic rings. The van der Waals surface area contributed by atoms with Crippen LogP contribution in [0.4, 0.5) is 13.2 Å². The van der Waals surface area contributed by atoms with E-state index in [1.807, 2.05) is 0 Å². The van der Waals surface area contributed by atoms with Gasteiger partial charge in [-0.15, -0.1) is 0 Å². The molecule has 0 unspecified atom stereocenters. The van der Waals surface area contributed by atoms with Crippen LogP contribution in [-0.4, -0.2) is 55.7 Å². The number of carbonyl (C=O) groups excluding carboxylic acids is 2. The van der Waals surface area contributed by atoms with Gasteiger partial charge in [-0.3, -0.25) is 4.79 Å². The number of ether oxygens (including phenoxy) is 1. The molecule has 0 aliphatic carbocycles. The van der Waals surface area contributed by atoms with Crippen molar-refractivity contribution in [2.24, 2.45) is 0 Å². The normalized spacial score (nSPS) is 17.3. The van der Waals surface area contributed by atoms with Gasteiger partial charge in [0.25, 0.3) is 5.91 Å². The highest BCUT2D eigenvalue weighted by molar-refractivity contribution is 5.82. The number of alkyl halides is 3. The fourth-order valence-corrected chi connectivity index (χ4v) is 1.71. The summed E-state index contributed by atoms with van der Waals surface area (Å²) in [6.07, 6.45) is -3.60. The fourth-order valence-electron chi connectivity index (χ4n) is 1.71. The molecule has 1 amide bonds. The van der Waals surface area contributed by atoms with E-state index in [0.717, 1.165) is 25.9 Å². The highest BCUT2D eigenvalue weighted by Crippen LogP contribution is 2.16. The summed E-state index contributed by atoms with van der Waals surface area (Å²) in [4.78, 5) is 23.3. The lowest BCUT2D eigenvalue weighted by molar-refractivity contribution is -0.200. The van der Waals surface area contributed by atoms with Gasteiger partial charge in [-0.05, 0) is 25.9 Å². The third-order valence-electron chi connectivity index (χ3n) is 2.81. The Hall–Kier alpha value is -1.31. The van der Waals surface area contributed by atoms with Gasteiger partial charge in [-0.25, -0.2) is 4.79 Å². The quantitative estimate of drug-likeness (QED) is 0.748. The highest BCUT2D eigenvalue weighted by atomic mass is 19.4. The average molecular weight is 268 g/mol. The van der Waals surface area contributed by atoms with E-state index in [2.05, 4.69) is 10.1 Å². The molecule has 1 rings (SSSR count). The number of carbonyl (C=O) groups is 2. The van der Waals surface area contributed by atoms with E-state index in [1.54, 1.807) is 0 Å². The zero-order valence-electron chi connectivity index (χ0n) is 9.92. The molecule has 1 N–H and O–H groups in total. The van der Waals surface area contributed by atoms with E-state index in [4.69, 9.17) is 0 Å². The number of rotatable bonds is 3. The summed E-state index contributed by atoms with van der Waals surface area (Å²) < 4.78 is 39.5. The van der Waals surface area contributed by atoms with Crippen molar-refractivity contribution in [3.8, 4) is 0 Å². The topological polar surface area (TPSA) is 58.6 Å². The lowest BCUT2D eigenvalue weighted by Gasteiger charge is -2.31. The van der Waals surface area contributed by atoms with Crippen LogP contribution in [0.25, 0.3) is 0 Å². The Balaban J connectivity index is 2.38. The molecule has 5 nitrogen and oxygen atoms in total. The predicted molar refractivity (Wildman–Crippen MR) is 55.7 cm³/mol. The zero-order valence-corrected chi connectivity index (χ0v) is 9.92. The second-order valence-corrected chi connectivity index (χ2v) is 4.06. The minimum absolute atomic E-state index is 0.0247. The van der Waals surface area contributed by atoms with Gasteiger partial charge in [0.15, 0.2) is 6.61 Å². The van der Waals surface area contributed by atoms with Crippen LogP contribution in [0, 0.1) is 0 Å². The first kappa shape index (κ1) is 14.7. The second-order valence-electron chi connectivity index (χ2n) is 4.06. The summed E-state index contributed by atoms with van der Waals surface area (Å²) in [5, 5.41) is 3.11. The molecule has 0 radical (unpaired) electrons. The number of amides is 1. The maximum absolute atomic E-state index is 11.8. The number of hydrogen-bond acceptors (Lipinski definition) is 4. The Morgan fingerprint density at radius 3 is 2.39 bits per heavy atom. The first-order chi connectivity index (χ1) is 8.32. The van der Waals surface area contributed by atoms with Crippen molar-refractivity contribution in [2.75, 3.05) is 26.7 Å². The fraction of sp³-hybridized carbons (Fsp3) is 0.800. The first-order valence-corrected chi connectivity index (χ1v) is 5.52. The largest absolute Gasteiger partial charge is 0.490 e. The number of likely N-dealkylation sites (N-methyl/N-ethyl adjacent to an activating group) is 1. The van der Waals surface area contributed by atoms with Gasteiger partial charge in [0.05, 0.1) is 0 Å². The van der Waals surface area contributed by atoms with Crippen LogP contribution >= 0.6 is 0 Å². The van der Waals surface area contributed by atoms with E-state index >= 15 is 0 Å². The molecule has 0 bridgehead atoms. The minimum atomic E-state index is -5.06. The second kappa shape index (κ2) is 6.03. The zero-order chi connectivity index (χ0) is 13.8. The number of nitrogens with one attached hydrogen (secondary N) is 1. The standard InChI is InChI=1S/C10H15F3N2O3/c1-15(7-2-4-14-5-3-7)8(16)6-18-9(17)10(11,12)13/h7,14H,2-6H2,1H3. The van der Waals surface area contributed by atoms with Crippen molar-refractivity contribution in [1.82, 2.24) is 10.2 Å². The Morgan fingerprint density at radius 1 is 1.33 bits per heavy atom. The van der Waals surface area contributed by atoms with Crippen molar-refractivity contribution in [3.05, 3.63) is 0 Å². The van der Waals surface area contributed by atoms with E-state index in [1.165, 1.54) is 11.9 Å². The van der Waals surface area contributed by atoms with Crippen LogP contribution in [0.5, 0.6) is 0 Å². The smallest absolute Gasteiger partial charge is 0.449 e. The summed E-state index contributed by atoms with van der Waals surface area (Å²) in [5.41, 5.74) is 0. The molecule has 0 saturated carbocycles. The Kier molecular flexibility index (Phi) is 4.94. The summed E-state index contributed by atoms with van der Waals surface area (Å²) in [5.74, 6) is -2.96. The maximum atomic E-state index is 11.8. The molecule has 1 saturated heterocycles. The Bertz CT molecular complexity index is 314. The van der Waals surface area contributed by atoms with Gasteiger partial charge < -0.3 is 15.0 Å². The molecular weight excluding hydrogens is 253 g/mol. The molecule has 0 aromatic carbocycles. The van der Waals surface area contributed by atoms with Crippen molar-refractivity contribution >= 4 is 11.9 Å². The molecule has 1 aliphatic heterocycles. The lowest BCUT2D eigenvalue weighted by atomic mass is 10.1. The first-order valence-electron chi connectivity index (χ1n) is 5.52. The monoisotopic (exact) mass is 268 g/mol. The summed E-state index contributed by atoms with van der Waals surface area (Å²) in [6.45, 7) is 0.633. The van der Waals surface area contributed by atoms with Crippen LogP contribution in [-0.2, 0) is 14.3 Å². The summed E-state index contributed by atoms with van der Waals surface area (Å²) in [7, 11) is 1.50. The van der Waals surface area contributed by atoms with Crippen LogP contribution in [0.2, 0.25) is 0 Å². The highest BCUT2D eigenvalue weighted by Gasteiger charge is 2.41. The van der Waals surface area contributed by atoms with E-state index < -0.39 is 24.7 Å². The SMILES string of the molecule is CN(C(=O)COC(=O)C(F)(F)F)C1CCNCC1. The van der Waals surface area contributed by atoms with Gasteiger partial charge in [0, 0.05) is 13.1 Å². The predicted octanol–water partition coefficient (Wildman–Crippen LogP) is 0.302. The Morgan fingerprint density at radius 2 is 1.89 bits per heavy atom. The molecule has 8 heteroatoms. The molecule has 1 aliphatic rings. The molecule has 0 aromatic heterocycles. The van der Waals surface area contributed by atoms with E-state index in [-0.39, 0.29) is 6.04 Å². The van der Waals surface area contributed by atoms with Crippen molar-refractivity contribution in [3.63, 3.8) is 0 Å². The maximum Gasteiger partial charge on any atom is 0.490 e. The number of esters is 1. The van der Waals surface area contributed by atoms with Crippen LogP contribution in [0.15, 0.2) is 0 Å². The third kappa shape index (κ3) is 4.17. The molecular formula is C10H15F3N2O3. The van der Waals surface area contributed by atoms with Crippen molar-refractivity contribution < 1.29 is 27.5 Å². The third-order valence-corrected chi connectivity index (χ3v) is 2.81. The van der Waals surface area contributed by atoms with Gasteiger partial charge >= 0.3 is 12.1 Å². The van der Waals surface area contributed by atoms with E-state index in [0.29, 0.717) is 0 Å². The number of halogens is 3. The van der Waals surface area contributed by atoms with E-state index in [9.17, 15) is 22.8 Å². The van der Waals surface area contributed by atoms with Crippen LogP contribution in [0.1, 0.15) is 12.8 Å². The van der Waals surface area contributed by atoms with Gasteiger partial charge in [-0.1, -0.05) is 0 Å². The summed E-state index contributed by atoms with van der Waals surface area (Å²) >= 11 is 0. The lowest BCUT2D eigenvalue weighted by Crippen LogP contribution is -2.45. The number of hydrogen-bond donors (Lipinski definition) is 1. The van der Waals surface area contributed by atoms with Crippen molar-refractivity contribution in [1.29, 1.82) is 0 Å². The van der Waals surface area contributed by atoms with Crippen LogP contribution in [0.3, 0.4) is 0 Å². The van der Waals surface area contributed by atoms with Crippen molar-refractivity contribution in [2.45, 2.75) is 25.1 Å². The molecule has 0 spiro atoms. The van der Waals surface area contributed by atoms with Gasteiger partial charge in [0.1, 0.15) is 0 Å². The molecule has 104 valence electrons. The number of nitrogens with zero attached hydrogens (tertiary/aromatic N) is 1. The molecule has 18 heavy (non-hydrogen) atoms. The van der Waals surface area contributed by atoms with Gasteiger partial charge in [0.2, 0.25) is 0 Å². The molecule has 1 heterocycles. The Labute approximate surface area is 102 Å². The number of piperidine rings is 1. The minimum Gasteiger partial charge on any atom is -0.449 e. The summed E-state index contributed by atoms with van der Waals surface area (Å²) in [6, 6.07) is -0.0247. The van der Waals surface area contributed by atoms with Crippen LogP contribution < -0.4 is 5.32 Å². The average Bonchev–Trinajstić information content (AvgIpc) is 2.34. The molecule has 0 atom stereocenters. The van der Waals surface area contributed by atoms with Gasteiger partial charge in [-0.2, -0.15) is 13.2 Å².